The van der Waals surface area contributed by atoms with E-state index in [4.69, 9.17) is 4.74 Å². The molecule has 31 heavy (non-hydrogen) atoms. The summed E-state index contributed by atoms with van der Waals surface area (Å²) in [5.74, 6) is -0.130. The Balaban J connectivity index is 1.89. The number of imide groups is 1. The maximum absolute atomic E-state index is 13.4. The summed E-state index contributed by atoms with van der Waals surface area (Å²) >= 11 is 0. The van der Waals surface area contributed by atoms with Crippen LogP contribution in [0.15, 0.2) is 18.2 Å². The molecule has 2 aliphatic heterocycles. The van der Waals surface area contributed by atoms with Crippen molar-refractivity contribution in [3.63, 3.8) is 0 Å². The lowest BCUT2D eigenvalue weighted by molar-refractivity contribution is -0.151. The lowest BCUT2D eigenvalue weighted by atomic mass is 9.65. The number of aromatic nitrogens is 3. The Kier molecular flexibility index (Phi) is 5.17. The summed E-state index contributed by atoms with van der Waals surface area (Å²) in [5, 5.41) is 9.43. The number of carbonyl (C=O) groups is 3. The second-order valence-corrected chi connectivity index (χ2v) is 8.55. The van der Waals surface area contributed by atoms with Crippen LogP contribution in [0.2, 0.25) is 0 Å². The van der Waals surface area contributed by atoms with Crippen LogP contribution in [0.3, 0.4) is 0 Å². The number of carbonyl (C=O) groups excluding carboxylic acids is 3. The second kappa shape index (κ2) is 7.56. The van der Waals surface area contributed by atoms with E-state index in [1.807, 2.05) is 39.0 Å². The van der Waals surface area contributed by atoms with Gasteiger partial charge in [0.25, 0.3) is 0 Å². The van der Waals surface area contributed by atoms with E-state index in [2.05, 4.69) is 25.4 Å². The van der Waals surface area contributed by atoms with E-state index in [1.54, 1.807) is 0 Å². The smallest absolute Gasteiger partial charge is 0.242 e. The number of amides is 2. The molecule has 2 N–H and O–H groups in total. The Bertz CT molecular complexity index is 1060. The maximum atomic E-state index is 13.4. The zero-order valence-electron chi connectivity index (χ0n) is 18.4. The normalized spacial score (nSPS) is 27.3. The van der Waals surface area contributed by atoms with Gasteiger partial charge >= 0.3 is 0 Å². The highest BCUT2D eigenvalue weighted by Crippen LogP contribution is 2.47. The van der Waals surface area contributed by atoms with Crippen LogP contribution in [0.5, 0.6) is 0 Å². The highest BCUT2D eigenvalue weighted by molar-refractivity contribution is 6.11. The van der Waals surface area contributed by atoms with Crippen molar-refractivity contribution >= 4 is 23.3 Å². The average Bonchev–Trinajstić information content (AvgIpc) is 3.12. The number of hydrogen-bond acceptors (Lipinski definition) is 7. The van der Waals surface area contributed by atoms with Crippen LogP contribution in [-0.2, 0) is 25.5 Å². The molecule has 1 aromatic heterocycles. The molecule has 164 valence electrons. The first kappa shape index (κ1) is 21.2. The predicted octanol–water partition coefficient (Wildman–Crippen LogP) is 1.56. The first-order chi connectivity index (χ1) is 14.6. The predicted molar refractivity (Wildman–Crippen MR) is 113 cm³/mol. The van der Waals surface area contributed by atoms with Crippen molar-refractivity contribution in [2.45, 2.75) is 59.3 Å². The molecule has 2 amide bonds. The quantitative estimate of drug-likeness (QED) is 0.717. The van der Waals surface area contributed by atoms with E-state index in [9.17, 15) is 14.4 Å². The van der Waals surface area contributed by atoms with Gasteiger partial charge in [-0.1, -0.05) is 0 Å². The number of ether oxygens (including phenoxy) is 1. The summed E-state index contributed by atoms with van der Waals surface area (Å²) in [4.78, 5) is 44.7. The molecule has 1 aromatic carbocycles. The number of H-pyrrole nitrogens is 1. The van der Waals surface area contributed by atoms with Crippen molar-refractivity contribution in [2.75, 3.05) is 11.4 Å². The van der Waals surface area contributed by atoms with Gasteiger partial charge in [0.2, 0.25) is 11.8 Å². The summed E-state index contributed by atoms with van der Waals surface area (Å²) in [6.45, 7) is 8.88. The fourth-order valence-corrected chi connectivity index (χ4v) is 5.04. The number of ketones is 1. The lowest BCUT2D eigenvalue weighted by Crippen LogP contribution is -2.69. The molecule has 0 bridgehead atoms. The molecule has 0 unspecified atom stereocenters. The number of rotatable bonds is 3. The largest absolute Gasteiger partial charge is 0.372 e. The fraction of sp³-hybridized carbons (Fsp3) is 0.500. The lowest BCUT2D eigenvalue weighted by Gasteiger charge is -2.54. The van der Waals surface area contributed by atoms with E-state index >= 15 is 0 Å². The van der Waals surface area contributed by atoms with E-state index in [0.717, 1.165) is 16.8 Å². The van der Waals surface area contributed by atoms with Crippen LogP contribution in [0.1, 0.15) is 39.1 Å². The number of Topliss-reactive ketones (excluding diaryl/α,β-unsaturated/α-hetero) is 1. The number of benzene rings is 1. The van der Waals surface area contributed by atoms with Gasteiger partial charge in [0.15, 0.2) is 5.82 Å². The maximum Gasteiger partial charge on any atom is 0.242 e. The van der Waals surface area contributed by atoms with Crippen LogP contribution in [-0.4, -0.2) is 57.6 Å². The average molecular weight is 425 g/mol. The third kappa shape index (κ3) is 3.42. The van der Waals surface area contributed by atoms with Crippen molar-refractivity contribution in [1.29, 1.82) is 0 Å². The zero-order chi connectivity index (χ0) is 22.5. The first-order valence-corrected chi connectivity index (χ1v) is 10.4. The highest BCUT2D eigenvalue weighted by atomic mass is 16.5. The number of aromatic amines is 1. The monoisotopic (exact) mass is 425 g/mol. The molecule has 4 rings (SSSR count). The number of aryl methyl sites for hydroxylation is 1. The van der Waals surface area contributed by atoms with Crippen molar-refractivity contribution < 1.29 is 19.1 Å². The molecule has 3 heterocycles. The molecule has 0 spiro atoms. The van der Waals surface area contributed by atoms with E-state index < -0.39 is 23.3 Å². The van der Waals surface area contributed by atoms with E-state index in [1.165, 1.54) is 13.8 Å². The van der Waals surface area contributed by atoms with Gasteiger partial charge in [-0.3, -0.25) is 24.8 Å². The van der Waals surface area contributed by atoms with Gasteiger partial charge in [-0.05, 0) is 57.9 Å². The Morgan fingerprint density at radius 3 is 2.61 bits per heavy atom. The molecule has 9 heteroatoms. The molecule has 0 radical (unpaired) electrons. The Morgan fingerprint density at radius 1 is 1.26 bits per heavy atom. The second-order valence-electron chi connectivity index (χ2n) is 8.55. The molecule has 1 saturated heterocycles. The summed E-state index contributed by atoms with van der Waals surface area (Å²) < 4.78 is 6.04. The molecule has 0 saturated carbocycles. The minimum atomic E-state index is -1.45. The highest BCUT2D eigenvalue weighted by Gasteiger charge is 2.59. The standard InChI is InChI=1S/C22H27N5O4/c1-11-10-27-18-7-6-16(20-23-14(4)25-26-20)8-17(18)9-22(13(3)28,19(27)12(2)31-11)21(30)24-15(5)29/h6-8,11-12,19H,9-10H2,1-5H3,(H,23,25,26)(H,24,29,30)/t11-,12+,19-,22+/m1/s1. The van der Waals surface area contributed by atoms with Crippen LogP contribution in [0.4, 0.5) is 5.69 Å². The Labute approximate surface area is 180 Å². The summed E-state index contributed by atoms with van der Waals surface area (Å²) in [6.07, 6.45) is -0.293. The molecular weight excluding hydrogens is 398 g/mol. The molecule has 4 atom stereocenters. The SMILES string of the molecule is CC(=O)NC(=O)[C@]1(C(C)=O)Cc2cc(-c3n[nH]c(C)n3)ccc2N2C[C@@H](C)O[C@@H](C)[C@@H]21. The minimum Gasteiger partial charge on any atom is -0.372 e. The van der Waals surface area contributed by atoms with Crippen LogP contribution in [0.25, 0.3) is 11.4 Å². The molecular formula is C22H27N5O4. The molecule has 2 aromatic rings. The van der Waals surface area contributed by atoms with Gasteiger partial charge in [0.1, 0.15) is 17.0 Å². The minimum absolute atomic E-state index is 0.0759. The number of nitrogens with zero attached hydrogens (tertiary/aromatic N) is 3. The zero-order valence-corrected chi connectivity index (χ0v) is 18.4. The van der Waals surface area contributed by atoms with Crippen LogP contribution in [0, 0.1) is 12.3 Å². The number of nitrogens with one attached hydrogen (secondary N) is 2. The van der Waals surface area contributed by atoms with E-state index in [-0.39, 0.29) is 24.4 Å². The molecule has 9 nitrogen and oxygen atoms in total. The summed E-state index contributed by atoms with van der Waals surface area (Å²) in [6, 6.07) is 5.34. The van der Waals surface area contributed by atoms with Crippen molar-refractivity contribution in [3.05, 3.63) is 29.6 Å². The summed E-state index contributed by atoms with van der Waals surface area (Å²) in [5.41, 5.74) is 1.13. The topological polar surface area (TPSA) is 117 Å². The summed E-state index contributed by atoms with van der Waals surface area (Å²) in [7, 11) is 0. The van der Waals surface area contributed by atoms with Gasteiger partial charge in [0.05, 0.1) is 18.2 Å². The van der Waals surface area contributed by atoms with Crippen molar-refractivity contribution in [3.8, 4) is 11.4 Å². The Hall–Kier alpha value is -3.07. The van der Waals surface area contributed by atoms with Gasteiger partial charge < -0.3 is 9.64 Å². The third-order valence-electron chi connectivity index (χ3n) is 6.22. The van der Waals surface area contributed by atoms with Gasteiger partial charge in [-0.15, -0.1) is 0 Å². The van der Waals surface area contributed by atoms with Crippen molar-refractivity contribution in [1.82, 2.24) is 20.5 Å². The molecule has 0 aliphatic carbocycles. The van der Waals surface area contributed by atoms with Crippen LogP contribution >= 0.6 is 0 Å². The molecule has 1 fully saturated rings. The molecule has 2 aliphatic rings. The van der Waals surface area contributed by atoms with E-state index in [0.29, 0.717) is 18.2 Å². The van der Waals surface area contributed by atoms with Crippen LogP contribution < -0.4 is 10.2 Å². The van der Waals surface area contributed by atoms with Gasteiger partial charge in [-0.25, -0.2) is 4.98 Å². The Morgan fingerprint density at radius 2 is 2.00 bits per heavy atom. The first-order valence-electron chi connectivity index (χ1n) is 10.4. The third-order valence-corrected chi connectivity index (χ3v) is 6.22. The number of hydrogen-bond donors (Lipinski definition) is 2. The number of morpholine rings is 1. The van der Waals surface area contributed by atoms with Crippen molar-refractivity contribution in [2.24, 2.45) is 5.41 Å². The number of fused-ring (bicyclic) bond motifs is 3. The van der Waals surface area contributed by atoms with Gasteiger partial charge in [0, 0.05) is 24.7 Å². The number of anilines is 1. The van der Waals surface area contributed by atoms with Gasteiger partial charge in [-0.2, -0.15) is 5.10 Å². The fourth-order valence-electron chi connectivity index (χ4n) is 5.04.